The molecule has 2 amide bonds. The molecule has 0 aliphatic rings. The molecule has 1 unspecified atom stereocenters. The molecule has 0 fully saturated rings. The van der Waals surface area contributed by atoms with Gasteiger partial charge in [0.25, 0.3) is 0 Å². The Morgan fingerprint density at radius 1 is 1.11 bits per heavy atom. The highest BCUT2D eigenvalue weighted by molar-refractivity contribution is 8.00. The van der Waals surface area contributed by atoms with Crippen molar-refractivity contribution in [2.75, 3.05) is 10.6 Å². The van der Waals surface area contributed by atoms with Gasteiger partial charge in [0, 0.05) is 28.5 Å². The lowest BCUT2D eigenvalue weighted by molar-refractivity contribution is -0.115. The van der Waals surface area contributed by atoms with E-state index in [-0.39, 0.29) is 17.1 Å². The smallest absolute Gasteiger partial charge is 0.239 e. The molecule has 144 valence electrons. The summed E-state index contributed by atoms with van der Waals surface area (Å²) in [6.07, 6.45) is 0. The summed E-state index contributed by atoms with van der Waals surface area (Å²) in [6, 6.07) is 14.8. The van der Waals surface area contributed by atoms with Crippen LogP contribution in [-0.4, -0.2) is 22.0 Å². The molecule has 28 heavy (non-hydrogen) atoms. The van der Waals surface area contributed by atoms with Gasteiger partial charge in [0.2, 0.25) is 11.8 Å². The molecule has 3 rings (SSSR count). The average molecular weight is 432 g/mol. The first-order valence-corrected chi connectivity index (χ1v) is 10.6. The van der Waals surface area contributed by atoms with E-state index in [2.05, 4.69) is 15.6 Å². The number of nitrogens with one attached hydrogen (secondary N) is 2. The minimum atomic E-state index is -0.316. The van der Waals surface area contributed by atoms with E-state index in [9.17, 15) is 9.59 Å². The molecule has 0 saturated heterocycles. The van der Waals surface area contributed by atoms with Crippen LogP contribution in [0.4, 0.5) is 10.8 Å². The first kappa shape index (κ1) is 20.4. The van der Waals surface area contributed by atoms with E-state index < -0.39 is 0 Å². The molecule has 0 radical (unpaired) electrons. The molecular formula is C20H18ClN3O2S2. The Hall–Kier alpha value is -2.35. The lowest BCUT2D eigenvalue weighted by atomic mass is 10.1. The summed E-state index contributed by atoms with van der Waals surface area (Å²) in [5, 5.41) is 8.32. The van der Waals surface area contributed by atoms with E-state index in [0.29, 0.717) is 10.2 Å². The summed E-state index contributed by atoms with van der Waals surface area (Å²) in [5.74, 6) is -0.248. The Balaban J connectivity index is 1.63. The highest BCUT2D eigenvalue weighted by Gasteiger charge is 2.17. The van der Waals surface area contributed by atoms with Crippen molar-refractivity contribution < 1.29 is 9.59 Å². The summed E-state index contributed by atoms with van der Waals surface area (Å²) in [7, 11) is 0. The number of thioether (sulfide) groups is 1. The Labute approximate surface area is 176 Å². The van der Waals surface area contributed by atoms with Gasteiger partial charge in [-0.15, -0.1) is 23.1 Å². The van der Waals surface area contributed by atoms with Gasteiger partial charge in [-0.2, -0.15) is 0 Å². The molecule has 8 heteroatoms. The van der Waals surface area contributed by atoms with Crippen molar-refractivity contribution in [3.05, 3.63) is 58.9 Å². The highest BCUT2D eigenvalue weighted by atomic mass is 35.5. The molecule has 1 aromatic heterocycles. The fourth-order valence-electron chi connectivity index (χ4n) is 2.38. The Morgan fingerprint density at radius 2 is 1.82 bits per heavy atom. The van der Waals surface area contributed by atoms with Crippen molar-refractivity contribution in [3.63, 3.8) is 0 Å². The van der Waals surface area contributed by atoms with E-state index in [1.807, 2.05) is 54.8 Å². The first-order valence-electron chi connectivity index (χ1n) is 8.48. The van der Waals surface area contributed by atoms with Crippen LogP contribution < -0.4 is 10.6 Å². The van der Waals surface area contributed by atoms with Gasteiger partial charge in [-0.3, -0.25) is 9.59 Å². The number of amides is 2. The average Bonchev–Trinajstić information content (AvgIpc) is 3.12. The largest absolute Gasteiger partial charge is 0.326 e. The van der Waals surface area contributed by atoms with E-state index in [0.717, 1.165) is 21.8 Å². The predicted molar refractivity (Wildman–Crippen MR) is 117 cm³/mol. The lowest BCUT2D eigenvalue weighted by Gasteiger charge is -2.11. The van der Waals surface area contributed by atoms with Gasteiger partial charge in [-0.05, 0) is 31.2 Å². The second kappa shape index (κ2) is 9.23. The number of anilines is 2. The third kappa shape index (κ3) is 5.34. The zero-order chi connectivity index (χ0) is 20.1. The van der Waals surface area contributed by atoms with Gasteiger partial charge < -0.3 is 10.6 Å². The van der Waals surface area contributed by atoms with Crippen molar-refractivity contribution in [2.24, 2.45) is 0 Å². The summed E-state index contributed by atoms with van der Waals surface area (Å²) in [6.45, 7) is 3.30. The predicted octanol–water partition coefficient (Wildman–Crippen LogP) is 5.54. The molecule has 0 spiro atoms. The molecule has 2 aromatic carbocycles. The normalized spacial score (nSPS) is 11.7. The van der Waals surface area contributed by atoms with Gasteiger partial charge in [0.1, 0.15) is 0 Å². The molecule has 0 aliphatic carbocycles. The standard InChI is InChI=1S/C20H18ClN3O2S2/c1-12(28-18-6-4-3-5-16(18)21)19(26)24-20-23-17(11-27-20)14-7-9-15(10-8-14)22-13(2)25/h3-12H,1-2H3,(H,22,25)(H,23,24,26). The van der Waals surface area contributed by atoms with Crippen LogP contribution in [0.3, 0.4) is 0 Å². The summed E-state index contributed by atoms with van der Waals surface area (Å²) in [5.41, 5.74) is 2.40. The third-order valence-electron chi connectivity index (χ3n) is 3.74. The van der Waals surface area contributed by atoms with Crippen LogP contribution in [0, 0.1) is 0 Å². The number of rotatable bonds is 6. The maximum Gasteiger partial charge on any atom is 0.239 e. The Morgan fingerprint density at radius 3 is 2.50 bits per heavy atom. The van der Waals surface area contributed by atoms with Gasteiger partial charge in [-0.1, -0.05) is 35.9 Å². The van der Waals surface area contributed by atoms with Crippen LogP contribution in [-0.2, 0) is 9.59 Å². The molecule has 2 N–H and O–H groups in total. The first-order chi connectivity index (χ1) is 13.4. The quantitative estimate of drug-likeness (QED) is 0.502. The van der Waals surface area contributed by atoms with Gasteiger partial charge in [0.15, 0.2) is 5.13 Å². The Bertz CT molecular complexity index is 989. The second-order valence-corrected chi connectivity index (χ2v) is 8.62. The highest BCUT2D eigenvalue weighted by Crippen LogP contribution is 2.31. The Kier molecular flexibility index (Phi) is 6.72. The van der Waals surface area contributed by atoms with Crippen molar-refractivity contribution in [1.82, 2.24) is 4.98 Å². The van der Waals surface area contributed by atoms with Crippen molar-refractivity contribution >= 4 is 57.3 Å². The van der Waals surface area contributed by atoms with E-state index in [1.54, 1.807) is 6.07 Å². The monoisotopic (exact) mass is 431 g/mol. The van der Waals surface area contributed by atoms with Crippen LogP contribution in [0.2, 0.25) is 5.02 Å². The molecule has 1 heterocycles. The maximum atomic E-state index is 12.5. The van der Waals surface area contributed by atoms with E-state index in [4.69, 9.17) is 11.6 Å². The zero-order valence-electron chi connectivity index (χ0n) is 15.2. The van der Waals surface area contributed by atoms with E-state index >= 15 is 0 Å². The fourth-order valence-corrected chi connectivity index (χ4v) is 4.26. The number of nitrogens with zero attached hydrogens (tertiary/aromatic N) is 1. The van der Waals surface area contributed by atoms with Gasteiger partial charge >= 0.3 is 0 Å². The molecule has 0 saturated carbocycles. The van der Waals surface area contributed by atoms with Crippen LogP contribution in [0.25, 0.3) is 11.3 Å². The fraction of sp³-hybridized carbons (Fsp3) is 0.150. The molecule has 1 atom stereocenters. The number of hydrogen-bond donors (Lipinski definition) is 2. The molecular weight excluding hydrogens is 414 g/mol. The molecule has 5 nitrogen and oxygen atoms in total. The maximum absolute atomic E-state index is 12.5. The van der Waals surface area contributed by atoms with Crippen molar-refractivity contribution in [3.8, 4) is 11.3 Å². The minimum Gasteiger partial charge on any atom is -0.326 e. The SMILES string of the molecule is CC(=O)Nc1ccc(-c2csc(NC(=O)C(C)Sc3ccccc3Cl)n2)cc1. The van der Waals surface area contributed by atoms with Crippen LogP contribution in [0.15, 0.2) is 58.8 Å². The number of benzene rings is 2. The summed E-state index contributed by atoms with van der Waals surface area (Å²) >= 11 is 8.93. The summed E-state index contributed by atoms with van der Waals surface area (Å²) < 4.78 is 0. The second-order valence-electron chi connectivity index (χ2n) is 5.98. The van der Waals surface area contributed by atoms with E-state index in [1.165, 1.54) is 30.0 Å². The van der Waals surface area contributed by atoms with Crippen molar-refractivity contribution in [1.29, 1.82) is 0 Å². The lowest BCUT2D eigenvalue weighted by Crippen LogP contribution is -2.22. The molecule has 0 aliphatic heterocycles. The van der Waals surface area contributed by atoms with Gasteiger partial charge in [-0.25, -0.2) is 4.98 Å². The number of halogens is 1. The van der Waals surface area contributed by atoms with Crippen LogP contribution >= 0.6 is 34.7 Å². The molecule has 0 bridgehead atoms. The summed E-state index contributed by atoms with van der Waals surface area (Å²) in [4.78, 5) is 28.9. The van der Waals surface area contributed by atoms with Crippen molar-refractivity contribution in [2.45, 2.75) is 24.0 Å². The van der Waals surface area contributed by atoms with Crippen LogP contribution in [0.5, 0.6) is 0 Å². The minimum absolute atomic E-state index is 0.116. The molecule has 3 aromatic rings. The zero-order valence-corrected chi connectivity index (χ0v) is 17.6. The topological polar surface area (TPSA) is 71.1 Å². The number of hydrogen-bond acceptors (Lipinski definition) is 5. The number of carbonyl (C=O) groups is 2. The van der Waals surface area contributed by atoms with Crippen LogP contribution in [0.1, 0.15) is 13.8 Å². The number of aromatic nitrogens is 1. The van der Waals surface area contributed by atoms with Gasteiger partial charge in [0.05, 0.1) is 16.0 Å². The number of carbonyl (C=O) groups excluding carboxylic acids is 2. The number of thiazole rings is 1. The third-order valence-corrected chi connectivity index (χ3v) is 6.12.